The van der Waals surface area contributed by atoms with Crippen LogP contribution in [0.5, 0.6) is 0 Å². The first-order chi connectivity index (χ1) is 15.7. The number of hydrogen-bond donors (Lipinski definition) is 2. The van der Waals surface area contributed by atoms with Crippen LogP contribution < -0.4 is 10.7 Å². The van der Waals surface area contributed by atoms with Gasteiger partial charge in [-0.1, -0.05) is 12.1 Å². The first kappa shape index (κ1) is 21.7. The Balaban J connectivity index is 1.61. The van der Waals surface area contributed by atoms with Crippen LogP contribution in [-0.2, 0) is 14.3 Å². The average Bonchev–Trinajstić information content (AvgIpc) is 2.83. The van der Waals surface area contributed by atoms with Crippen LogP contribution in [0.15, 0.2) is 76.1 Å². The number of pyridine rings is 1. The third kappa shape index (κ3) is 5.04. The molecule has 1 aliphatic heterocycles. The lowest BCUT2D eigenvalue weighted by Crippen LogP contribution is -2.31. The van der Waals surface area contributed by atoms with Crippen molar-refractivity contribution >= 4 is 22.6 Å². The molecule has 4 rings (SSSR count). The molecule has 1 aliphatic rings. The van der Waals surface area contributed by atoms with Crippen molar-refractivity contribution in [3.63, 3.8) is 0 Å². The van der Waals surface area contributed by atoms with Crippen molar-refractivity contribution in [1.82, 2.24) is 4.98 Å². The zero-order valence-corrected chi connectivity index (χ0v) is 17.4. The van der Waals surface area contributed by atoms with Gasteiger partial charge in [0.2, 0.25) is 6.29 Å². The van der Waals surface area contributed by atoms with Crippen LogP contribution in [0.2, 0.25) is 0 Å². The molecule has 0 spiro atoms. The first-order valence-electron chi connectivity index (χ1n) is 10.5. The highest BCUT2D eigenvalue weighted by Gasteiger charge is 2.30. The summed E-state index contributed by atoms with van der Waals surface area (Å²) in [5.41, 5.74) is 1.31. The van der Waals surface area contributed by atoms with E-state index in [1.807, 2.05) is 0 Å². The number of aliphatic hydroxyl groups is 1. The molecule has 0 bridgehead atoms. The van der Waals surface area contributed by atoms with Crippen molar-refractivity contribution in [3.05, 3.63) is 82.7 Å². The quantitative estimate of drug-likeness (QED) is 0.521. The van der Waals surface area contributed by atoms with Crippen LogP contribution >= 0.6 is 0 Å². The number of para-hydroxylation sites is 1. The van der Waals surface area contributed by atoms with Crippen molar-refractivity contribution in [2.45, 2.75) is 31.5 Å². The fourth-order valence-electron chi connectivity index (χ4n) is 3.54. The molecule has 0 radical (unpaired) electrons. The lowest BCUT2D eigenvalue weighted by molar-refractivity contribution is -0.143. The van der Waals surface area contributed by atoms with Crippen molar-refractivity contribution in [1.29, 1.82) is 0 Å². The molecule has 8 heteroatoms. The fourth-order valence-corrected chi connectivity index (χ4v) is 3.54. The lowest BCUT2D eigenvalue weighted by Gasteiger charge is -2.29. The van der Waals surface area contributed by atoms with E-state index in [0.29, 0.717) is 48.1 Å². The second kappa shape index (κ2) is 10.2. The lowest BCUT2D eigenvalue weighted by atomic mass is 9.93. The van der Waals surface area contributed by atoms with Gasteiger partial charge in [-0.3, -0.25) is 14.6 Å². The topological polar surface area (TPSA) is 111 Å². The normalized spacial score (nSPS) is 18.1. The van der Waals surface area contributed by atoms with E-state index >= 15 is 0 Å². The third-order valence-electron chi connectivity index (χ3n) is 5.16. The number of amides is 1. The summed E-state index contributed by atoms with van der Waals surface area (Å²) >= 11 is 0. The third-order valence-corrected chi connectivity index (χ3v) is 5.16. The summed E-state index contributed by atoms with van der Waals surface area (Å²) in [7, 11) is 0. The monoisotopic (exact) mass is 436 g/mol. The Morgan fingerprint density at radius 3 is 2.91 bits per heavy atom. The van der Waals surface area contributed by atoms with Gasteiger partial charge in [0.25, 0.3) is 5.91 Å². The summed E-state index contributed by atoms with van der Waals surface area (Å²) in [4.78, 5) is 29.9. The summed E-state index contributed by atoms with van der Waals surface area (Å²) in [6, 6.07) is 10.5. The SMILES string of the molecule is O=C(Nc1cccnc1)C1=C[C@H](c2coc3ccccc3c2=O)C[C@H](OCCCCO)O1. The van der Waals surface area contributed by atoms with Crippen LogP contribution in [0.4, 0.5) is 5.69 Å². The number of nitrogens with one attached hydrogen (secondary N) is 1. The zero-order chi connectivity index (χ0) is 22.3. The Kier molecular flexibility index (Phi) is 6.94. The van der Waals surface area contributed by atoms with E-state index in [1.54, 1.807) is 48.7 Å². The van der Waals surface area contributed by atoms with Gasteiger partial charge in [0.15, 0.2) is 11.2 Å². The Bertz CT molecular complexity index is 1160. The highest BCUT2D eigenvalue weighted by Crippen LogP contribution is 2.31. The van der Waals surface area contributed by atoms with Gasteiger partial charge in [0.05, 0.1) is 30.1 Å². The van der Waals surface area contributed by atoms with Crippen LogP contribution in [0, 0.1) is 0 Å². The standard InChI is InChI=1S/C24H24N2O6/c27-10-3-4-11-30-22-13-16(19-15-31-20-8-2-1-7-18(20)23(19)28)12-21(32-22)24(29)26-17-6-5-9-25-14-17/h1-2,5-9,12,14-16,22,27H,3-4,10-11,13H2,(H,26,29)/t16-,22+/m0/s1. The van der Waals surface area contributed by atoms with Gasteiger partial charge in [-0.15, -0.1) is 0 Å². The number of fused-ring (bicyclic) bond motifs is 1. The molecule has 3 heterocycles. The second-order valence-corrected chi connectivity index (χ2v) is 7.43. The molecule has 2 aromatic heterocycles. The number of allylic oxidation sites excluding steroid dienone is 1. The Labute approximate surface area is 184 Å². The van der Waals surface area contributed by atoms with Crippen molar-refractivity contribution in [2.24, 2.45) is 0 Å². The average molecular weight is 436 g/mol. The Morgan fingerprint density at radius 2 is 2.09 bits per heavy atom. The maximum Gasteiger partial charge on any atom is 0.290 e. The van der Waals surface area contributed by atoms with Gasteiger partial charge in [-0.2, -0.15) is 0 Å². The minimum atomic E-state index is -0.718. The van der Waals surface area contributed by atoms with Gasteiger partial charge in [-0.05, 0) is 43.2 Å². The molecule has 8 nitrogen and oxygen atoms in total. The van der Waals surface area contributed by atoms with Gasteiger partial charge < -0.3 is 24.3 Å². The van der Waals surface area contributed by atoms with Crippen molar-refractivity contribution < 1.29 is 23.8 Å². The molecule has 1 aromatic carbocycles. The number of unbranched alkanes of at least 4 members (excludes halogenated alkanes) is 1. The van der Waals surface area contributed by atoms with E-state index in [2.05, 4.69) is 10.3 Å². The number of anilines is 1. The minimum Gasteiger partial charge on any atom is -0.464 e. The molecule has 32 heavy (non-hydrogen) atoms. The molecule has 2 atom stereocenters. The van der Waals surface area contributed by atoms with Crippen LogP contribution in [-0.4, -0.2) is 35.5 Å². The number of ether oxygens (including phenoxy) is 2. The Hall–Kier alpha value is -3.49. The van der Waals surface area contributed by atoms with Crippen LogP contribution in [0.3, 0.4) is 0 Å². The van der Waals surface area contributed by atoms with Gasteiger partial charge in [0.1, 0.15) is 5.58 Å². The summed E-state index contributed by atoms with van der Waals surface area (Å²) in [5, 5.41) is 12.2. The van der Waals surface area contributed by atoms with Crippen LogP contribution in [0.1, 0.15) is 30.7 Å². The maximum atomic E-state index is 13.1. The molecule has 1 amide bonds. The van der Waals surface area contributed by atoms with E-state index in [4.69, 9.17) is 19.0 Å². The number of aromatic nitrogens is 1. The molecule has 166 valence electrons. The van der Waals surface area contributed by atoms with E-state index in [0.717, 1.165) is 0 Å². The van der Waals surface area contributed by atoms with Gasteiger partial charge in [-0.25, -0.2) is 0 Å². The number of benzene rings is 1. The Morgan fingerprint density at radius 1 is 1.22 bits per heavy atom. The number of carbonyl (C=O) groups excluding carboxylic acids is 1. The summed E-state index contributed by atoms with van der Waals surface area (Å²) in [6.07, 6.45) is 7.10. The van der Waals surface area contributed by atoms with Gasteiger partial charge >= 0.3 is 0 Å². The number of hydrogen-bond acceptors (Lipinski definition) is 7. The summed E-state index contributed by atoms with van der Waals surface area (Å²) in [5.74, 6) is -0.830. The number of carbonyl (C=O) groups is 1. The van der Waals surface area contributed by atoms with Crippen LogP contribution in [0.25, 0.3) is 11.0 Å². The van der Waals surface area contributed by atoms with E-state index < -0.39 is 18.1 Å². The first-order valence-corrected chi connectivity index (χ1v) is 10.5. The second-order valence-electron chi connectivity index (χ2n) is 7.43. The molecule has 0 saturated carbocycles. The maximum absolute atomic E-state index is 13.1. The predicted octanol–water partition coefficient (Wildman–Crippen LogP) is 3.33. The molecule has 2 N–H and O–H groups in total. The van der Waals surface area contributed by atoms with Gasteiger partial charge in [0, 0.05) is 30.7 Å². The minimum absolute atomic E-state index is 0.0600. The number of nitrogens with zero attached hydrogens (tertiary/aromatic N) is 1. The molecule has 0 unspecified atom stereocenters. The number of aliphatic hydroxyl groups excluding tert-OH is 1. The molecule has 0 saturated heterocycles. The molecule has 0 aliphatic carbocycles. The highest BCUT2D eigenvalue weighted by atomic mass is 16.7. The predicted molar refractivity (Wildman–Crippen MR) is 118 cm³/mol. The largest absolute Gasteiger partial charge is 0.464 e. The smallest absolute Gasteiger partial charge is 0.290 e. The molecule has 3 aromatic rings. The van der Waals surface area contributed by atoms with Crippen molar-refractivity contribution in [3.8, 4) is 0 Å². The molecular formula is C24H24N2O6. The van der Waals surface area contributed by atoms with E-state index in [-0.39, 0.29) is 17.8 Å². The van der Waals surface area contributed by atoms with E-state index in [9.17, 15) is 9.59 Å². The summed E-state index contributed by atoms with van der Waals surface area (Å²) < 4.78 is 17.3. The van der Waals surface area contributed by atoms with E-state index in [1.165, 1.54) is 12.5 Å². The fraction of sp³-hybridized carbons (Fsp3) is 0.292. The number of rotatable bonds is 8. The highest BCUT2D eigenvalue weighted by molar-refractivity contribution is 6.02. The summed E-state index contributed by atoms with van der Waals surface area (Å²) in [6.45, 7) is 0.441. The molecular weight excluding hydrogens is 412 g/mol. The molecule has 0 fully saturated rings. The zero-order valence-electron chi connectivity index (χ0n) is 17.4. The van der Waals surface area contributed by atoms with Crippen molar-refractivity contribution in [2.75, 3.05) is 18.5 Å².